The van der Waals surface area contributed by atoms with Crippen LogP contribution in [0.1, 0.15) is 39.0 Å². The van der Waals surface area contributed by atoms with Crippen molar-refractivity contribution >= 4 is 11.7 Å². The number of hydrogen-bond donors (Lipinski definition) is 0. The highest BCUT2D eigenvalue weighted by Crippen LogP contribution is 2.46. The van der Waals surface area contributed by atoms with E-state index in [9.17, 15) is 9.59 Å². The third-order valence-electron chi connectivity index (χ3n) is 3.62. The highest BCUT2D eigenvalue weighted by molar-refractivity contribution is 5.86. The van der Waals surface area contributed by atoms with Crippen LogP contribution in [0.2, 0.25) is 0 Å². The Morgan fingerprint density at radius 3 is 2.36 bits per heavy atom. The van der Waals surface area contributed by atoms with Gasteiger partial charge in [-0.1, -0.05) is 6.92 Å². The quantitative estimate of drug-likeness (QED) is 0.633. The zero-order chi connectivity index (χ0) is 10.2. The molecule has 1 spiro atoms. The number of carbonyl (C=O) groups is 2. The molecule has 3 heteroatoms. The van der Waals surface area contributed by atoms with Gasteiger partial charge in [-0.15, -0.1) is 0 Å². The molecule has 1 heterocycles. The van der Waals surface area contributed by atoms with Crippen molar-refractivity contribution in [1.82, 2.24) is 4.90 Å². The van der Waals surface area contributed by atoms with E-state index in [4.69, 9.17) is 0 Å². The van der Waals surface area contributed by atoms with Gasteiger partial charge in [-0.2, -0.15) is 0 Å². The highest BCUT2D eigenvalue weighted by Gasteiger charge is 2.45. The van der Waals surface area contributed by atoms with E-state index in [1.54, 1.807) is 0 Å². The average molecular weight is 195 g/mol. The first-order valence-electron chi connectivity index (χ1n) is 5.45. The van der Waals surface area contributed by atoms with Crippen molar-refractivity contribution in [3.63, 3.8) is 0 Å². The zero-order valence-corrected chi connectivity index (χ0v) is 8.71. The number of hydrogen-bond acceptors (Lipinski definition) is 2. The predicted octanol–water partition coefficient (Wildman–Crippen LogP) is 1.37. The van der Waals surface area contributed by atoms with Crippen molar-refractivity contribution in [1.29, 1.82) is 0 Å². The molecule has 0 N–H and O–H groups in total. The van der Waals surface area contributed by atoms with E-state index >= 15 is 0 Å². The summed E-state index contributed by atoms with van der Waals surface area (Å²) in [5.74, 6) is 0.658. The maximum Gasteiger partial charge on any atom is 0.222 e. The number of amides is 1. The van der Waals surface area contributed by atoms with Crippen molar-refractivity contribution in [2.75, 3.05) is 13.1 Å². The highest BCUT2D eigenvalue weighted by atomic mass is 16.2. The Morgan fingerprint density at radius 2 is 1.93 bits per heavy atom. The summed E-state index contributed by atoms with van der Waals surface area (Å²) in [5.41, 5.74) is 0.293. The third kappa shape index (κ3) is 1.56. The Bertz CT molecular complexity index is 254. The molecule has 1 aliphatic carbocycles. The van der Waals surface area contributed by atoms with Crippen molar-refractivity contribution in [3.05, 3.63) is 0 Å². The van der Waals surface area contributed by atoms with Gasteiger partial charge in [0.2, 0.25) is 5.91 Å². The Hall–Kier alpha value is -0.860. The molecule has 0 aromatic carbocycles. The SMILES string of the molecule is CCC(=O)N1CCC2(CC1)CC(=O)C2. The van der Waals surface area contributed by atoms with E-state index < -0.39 is 0 Å². The van der Waals surface area contributed by atoms with Gasteiger partial charge >= 0.3 is 0 Å². The molecule has 2 fully saturated rings. The number of rotatable bonds is 1. The first-order valence-corrected chi connectivity index (χ1v) is 5.45. The number of ketones is 1. The third-order valence-corrected chi connectivity index (χ3v) is 3.62. The second kappa shape index (κ2) is 3.37. The minimum absolute atomic E-state index is 0.255. The summed E-state index contributed by atoms with van der Waals surface area (Å²) in [7, 11) is 0. The first kappa shape index (κ1) is 9.69. The predicted molar refractivity (Wildman–Crippen MR) is 52.8 cm³/mol. The molecule has 1 amide bonds. The molecule has 2 aliphatic rings. The zero-order valence-electron chi connectivity index (χ0n) is 8.71. The monoisotopic (exact) mass is 195 g/mol. The largest absolute Gasteiger partial charge is 0.343 e. The van der Waals surface area contributed by atoms with Gasteiger partial charge in [-0.25, -0.2) is 0 Å². The molecule has 1 saturated carbocycles. The molecule has 0 radical (unpaired) electrons. The van der Waals surface area contributed by atoms with Crippen LogP contribution in [0.25, 0.3) is 0 Å². The maximum absolute atomic E-state index is 11.4. The van der Waals surface area contributed by atoms with Gasteiger partial charge in [0.1, 0.15) is 5.78 Å². The Balaban J connectivity index is 1.86. The molecule has 0 bridgehead atoms. The molecular weight excluding hydrogens is 178 g/mol. The number of likely N-dealkylation sites (tertiary alicyclic amines) is 1. The lowest BCUT2D eigenvalue weighted by atomic mass is 9.62. The lowest BCUT2D eigenvalue weighted by Gasteiger charge is -2.46. The normalized spacial score (nSPS) is 24.9. The lowest BCUT2D eigenvalue weighted by molar-refractivity contribution is -0.140. The summed E-state index contributed by atoms with van der Waals surface area (Å²) in [5, 5.41) is 0. The summed E-state index contributed by atoms with van der Waals surface area (Å²) >= 11 is 0. The molecule has 3 nitrogen and oxygen atoms in total. The van der Waals surface area contributed by atoms with E-state index in [1.165, 1.54) is 0 Å². The van der Waals surface area contributed by atoms with Crippen LogP contribution in [0.3, 0.4) is 0 Å². The fraction of sp³-hybridized carbons (Fsp3) is 0.818. The van der Waals surface area contributed by atoms with E-state index in [1.807, 2.05) is 11.8 Å². The van der Waals surface area contributed by atoms with Gasteiger partial charge in [-0.05, 0) is 18.3 Å². The molecule has 0 unspecified atom stereocenters. The van der Waals surface area contributed by atoms with Crippen LogP contribution >= 0.6 is 0 Å². The Labute approximate surface area is 84.5 Å². The van der Waals surface area contributed by atoms with E-state index in [0.29, 0.717) is 17.6 Å². The summed E-state index contributed by atoms with van der Waals surface area (Å²) in [6.45, 7) is 3.62. The fourth-order valence-electron chi connectivity index (χ4n) is 2.59. The molecule has 2 rings (SSSR count). The smallest absolute Gasteiger partial charge is 0.222 e. The van der Waals surface area contributed by atoms with E-state index in [2.05, 4.69) is 0 Å². The van der Waals surface area contributed by atoms with Gasteiger partial charge < -0.3 is 4.90 Å². The van der Waals surface area contributed by atoms with Gasteiger partial charge in [0.05, 0.1) is 0 Å². The van der Waals surface area contributed by atoms with Gasteiger partial charge in [0, 0.05) is 32.4 Å². The molecule has 1 saturated heterocycles. The molecule has 0 aromatic heterocycles. The summed E-state index contributed by atoms with van der Waals surface area (Å²) < 4.78 is 0. The van der Waals surface area contributed by atoms with Crippen molar-refractivity contribution in [3.8, 4) is 0 Å². The molecule has 78 valence electrons. The first-order chi connectivity index (χ1) is 6.65. The minimum atomic E-state index is 0.255. The van der Waals surface area contributed by atoms with Crippen molar-refractivity contribution < 1.29 is 9.59 Å². The van der Waals surface area contributed by atoms with Crippen LogP contribution in [0.5, 0.6) is 0 Å². The molecule has 14 heavy (non-hydrogen) atoms. The summed E-state index contributed by atoms with van der Waals surface area (Å²) in [6.07, 6.45) is 4.20. The standard InChI is InChI=1S/C11H17NO2/c1-2-10(14)12-5-3-11(4-6-12)7-9(13)8-11/h2-8H2,1H3. The topological polar surface area (TPSA) is 37.4 Å². The van der Waals surface area contributed by atoms with Crippen LogP contribution in [0, 0.1) is 5.41 Å². The summed E-state index contributed by atoms with van der Waals surface area (Å²) in [6, 6.07) is 0. The second-order valence-electron chi connectivity index (χ2n) is 4.63. The van der Waals surface area contributed by atoms with Gasteiger partial charge in [-0.3, -0.25) is 9.59 Å². The number of carbonyl (C=O) groups excluding carboxylic acids is 2. The summed E-state index contributed by atoms with van der Waals surface area (Å²) in [4.78, 5) is 24.3. The Kier molecular flexibility index (Phi) is 2.33. The Morgan fingerprint density at radius 1 is 1.36 bits per heavy atom. The average Bonchev–Trinajstić information content (AvgIpc) is 2.16. The van der Waals surface area contributed by atoms with Gasteiger partial charge in [0.25, 0.3) is 0 Å². The van der Waals surface area contributed by atoms with Crippen molar-refractivity contribution in [2.45, 2.75) is 39.0 Å². The number of Topliss-reactive ketones (excluding diaryl/α,β-unsaturated/α-hetero) is 1. The fourth-order valence-corrected chi connectivity index (χ4v) is 2.59. The molecule has 0 atom stereocenters. The van der Waals surface area contributed by atoms with Crippen LogP contribution in [0.4, 0.5) is 0 Å². The van der Waals surface area contributed by atoms with E-state index in [-0.39, 0.29) is 5.91 Å². The maximum atomic E-state index is 11.4. The van der Waals surface area contributed by atoms with Crippen LogP contribution in [-0.4, -0.2) is 29.7 Å². The molecule has 0 aromatic rings. The van der Waals surface area contributed by atoms with Crippen molar-refractivity contribution in [2.24, 2.45) is 5.41 Å². The van der Waals surface area contributed by atoms with Crippen LogP contribution < -0.4 is 0 Å². The molecule has 1 aliphatic heterocycles. The number of nitrogens with zero attached hydrogens (tertiary/aromatic N) is 1. The minimum Gasteiger partial charge on any atom is -0.343 e. The molecular formula is C11H17NO2. The van der Waals surface area contributed by atoms with E-state index in [0.717, 1.165) is 38.8 Å². The number of piperidine rings is 1. The van der Waals surface area contributed by atoms with Crippen LogP contribution in [-0.2, 0) is 9.59 Å². The lowest BCUT2D eigenvalue weighted by Crippen LogP contribution is -2.48. The second-order valence-corrected chi connectivity index (χ2v) is 4.63. The van der Waals surface area contributed by atoms with Gasteiger partial charge in [0.15, 0.2) is 0 Å². The van der Waals surface area contributed by atoms with Crippen LogP contribution in [0.15, 0.2) is 0 Å².